The van der Waals surface area contributed by atoms with Crippen LogP contribution in [0, 0.1) is 5.41 Å². The summed E-state index contributed by atoms with van der Waals surface area (Å²) in [5.74, 6) is 1.87. The van der Waals surface area contributed by atoms with Gasteiger partial charge in [-0.15, -0.1) is 0 Å². The number of rotatable bonds is 11. The molecule has 0 radical (unpaired) electrons. The molecule has 1 aromatic heterocycles. The Balaban J connectivity index is 1.57. The molecule has 6 heteroatoms. The second-order valence-electron chi connectivity index (χ2n) is 8.27. The zero-order valence-corrected chi connectivity index (χ0v) is 18.6. The topological polar surface area (TPSA) is 63.5 Å². The van der Waals surface area contributed by atoms with E-state index < -0.39 is 0 Å². The van der Waals surface area contributed by atoms with Crippen LogP contribution in [0.15, 0.2) is 47.7 Å². The molecule has 1 aliphatic carbocycles. The third kappa shape index (κ3) is 6.59. The molecular formula is C24H37N5O. The first kappa shape index (κ1) is 22.3. The predicted molar refractivity (Wildman–Crippen MR) is 123 cm³/mol. The third-order valence-electron chi connectivity index (χ3n) is 6.14. The zero-order valence-electron chi connectivity index (χ0n) is 18.6. The number of ether oxygens (including phenoxy) is 1. The van der Waals surface area contributed by atoms with Crippen molar-refractivity contribution in [2.45, 2.75) is 58.5 Å². The highest BCUT2D eigenvalue weighted by molar-refractivity contribution is 5.79. The largest absolute Gasteiger partial charge is 0.385 e. The average Bonchev–Trinajstić information content (AvgIpc) is 3.43. The Morgan fingerprint density at radius 3 is 2.73 bits per heavy atom. The number of benzene rings is 1. The van der Waals surface area contributed by atoms with Gasteiger partial charge in [0, 0.05) is 45.7 Å². The maximum absolute atomic E-state index is 5.36. The number of aryl methyl sites for hydroxylation is 2. The van der Waals surface area contributed by atoms with Crippen molar-refractivity contribution in [1.29, 1.82) is 0 Å². The first-order valence-corrected chi connectivity index (χ1v) is 11.3. The maximum Gasteiger partial charge on any atom is 0.191 e. The minimum Gasteiger partial charge on any atom is -0.385 e. The number of nitrogens with zero attached hydrogens (tertiary/aromatic N) is 3. The van der Waals surface area contributed by atoms with Crippen molar-refractivity contribution in [3.63, 3.8) is 0 Å². The van der Waals surface area contributed by atoms with Crippen LogP contribution >= 0.6 is 0 Å². The molecule has 1 aliphatic rings. The van der Waals surface area contributed by atoms with E-state index in [9.17, 15) is 0 Å². The first-order chi connectivity index (χ1) is 14.7. The fourth-order valence-corrected chi connectivity index (χ4v) is 4.31. The smallest absolute Gasteiger partial charge is 0.191 e. The quantitative estimate of drug-likeness (QED) is 0.436. The van der Waals surface area contributed by atoms with Gasteiger partial charge in [-0.3, -0.25) is 0 Å². The molecular weight excluding hydrogens is 374 g/mol. The molecule has 0 spiro atoms. The van der Waals surface area contributed by atoms with Crippen LogP contribution in [0.2, 0.25) is 0 Å². The number of guanidine groups is 1. The van der Waals surface area contributed by atoms with Crippen molar-refractivity contribution < 1.29 is 4.74 Å². The summed E-state index contributed by atoms with van der Waals surface area (Å²) in [7, 11) is 1.79. The molecule has 3 rings (SSSR count). The van der Waals surface area contributed by atoms with Gasteiger partial charge in [0.1, 0.15) is 12.4 Å². The number of nitrogens with one attached hydrogen (secondary N) is 2. The van der Waals surface area contributed by atoms with E-state index in [1.54, 1.807) is 7.11 Å². The summed E-state index contributed by atoms with van der Waals surface area (Å²) in [6, 6.07) is 10.6. The highest BCUT2D eigenvalue weighted by Gasteiger charge is 2.33. The molecule has 2 aromatic rings. The molecule has 0 bridgehead atoms. The second-order valence-corrected chi connectivity index (χ2v) is 8.27. The van der Waals surface area contributed by atoms with E-state index >= 15 is 0 Å². The Bertz CT molecular complexity index is 765. The lowest BCUT2D eigenvalue weighted by Crippen LogP contribution is -2.43. The lowest BCUT2D eigenvalue weighted by atomic mass is 9.83. The van der Waals surface area contributed by atoms with Gasteiger partial charge < -0.3 is 19.9 Å². The monoisotopic (exact) mass is 411 g/mol. The number of aliphatic imine (C=N–C) groups is 1. The summed E-state index contributed by atoms with van der Waals surface area (Å²) in [4.78, 5) is 9.36. The van der Waals surface area contributed by atoms with E-state index in [-0.39, 0.29) is 0 Å². The van der Waals surface area contributed by atoms with Crippen LogP contribution in [-0.2, 0) is 24.2 Å². The lowest BCUT2D eigenvalue weighted by molar-refractivity contribution is 0.138. The summed E-state index contributed by atoms with van der Waals surface area (Å²) < 4.78 is 7.57. The molecule has 0 atom stereocenters. The number of hydrogen-bond donors (Lipinski definition) is 2. The molecule has 2 N–H and O–H groups in total. The molecule has 0 amide bonds. The highest BCUT2D eigenvalue weighted by Crippen LogP contribution is 2.40. The fourth-order valence-electron chi connectivity index (χ4n) is 4.31. The third-order valence-corrected chi connectivity index (χ3v) is 6.14. The van der Waals surface area contributed by atoms with Gasteiger partial charge in [0.05, 0.1) is 0 Å². The molecule has 30 heavy (non-hydrogen) atoms. The number of aromatic nitrogens is 2. The van der Waals surface area contributed by atoms with Crippen LogP contribution in [0.5, 0.6) is 0 Å². The van der Waals surface area contributed by atoms with Gasteiger partial charge in [-0.1, -0.05) is 43.2 Å². The summed E-state index contributed by atoms with van der Waals surface area (Å²) in [5, 5.41) is 6.99. The normalized spacial score (nSPS) is 16.0. The number of methoxy groups -OCH3 is 1. The highest BCUT2D eigenvalue weighted by atomic mass is 16.5. The van der Waals surface area contributed by atoms with Gasteiger partial charge in [0.15, 0.2) is 5.96 Å². The summed E-state index contributed by atoms with van der Waals surface area (Å²) in [5.41, 5.74) is 1.67. The Morgan fingerprint density at radius 2 is 2.00 bits per heavy atom. The number of hydrogen-bond acceptors (Lipinski definition) is 3. The zero-order chi connectivity index (χ0) is 21.1. The van der Waals surface area contributed by atoms with Gasteiger partial charge in [0.25, 0.3) is 0 Å². The van der Waals surface area contributed by atoms with Crippen LogP contribution in [-0.4, -0.2) is 42.3 Å². The fraction of sp³-hybridized carbons (Fsp3) is 0.583. The molecule has 1 aromatic carbocycles. The van der Waals surface area contributed by atoms with Crippen molar-refractivity contribution in [3.8, 4) is 0 Å². The first-order valence-electron chi connectivity index (χ1n) is 11.3. The number of imidazole rings is 1. The van der Waals surface area contributed by atoms with Gasteiger partial charge in [0.2, 0.25) is 0 Å². The van der Waals surface area contributed by atoms with Crippen LogP contribution in [0.4, 0.5) is 0 Å². The van der Waals surface area contributed by atoms with E-state index in [4.69, 9.17) is 9.73 Å². The van der Waals surface area contributed by atoms with Crippen molar-refractivity contribution in [1.82, 2.24) is 20.2 Å². The van der Waals surface area contributed by atoms with Crippen LogP contribution in [0.3, 0.4) is 0 Å². The van der Waals surface area contributed by atoms with Crippen molar-refractivity contribution in [2.75, 3.05) is 26.8 Å². The molecule has 1 heterocycles. The minimum atomic E-state index is 0.334. The lowest BCUT2D eigenvalue weighted by Gasteiger charge is -2.30. The van der Waals surface area contributed by atoms with Crippen molar-refractivity contribution in [2.24, 2.45) is 10.4 Å². The van der Waals surface area contributed by atoms with Gasteiger partial charge in [-0.2, -0.15) is 0 Å². The van der Waals surface area contributed by atoms with Gasteiger partial charge >= 0.3 is 0 Å². The van der Waals surface area contributed by atoms with Crippen molar-refractivity contribution in [3.05, 3.63) is 54.1 Å². The van der Waals surface area contributed by atoms with E-state index in [0.29, 0.717) is 12.0 Å². The van der Waals surface area contributed by atoms with E-state index in [0.717, 1.165) is 50.9 Å². The standard InChI is InChI=1S/C24H37N5O/c1-3-25-23(28-20-24(14-18-30-2)12-7-8-13-24)27-19-22-26-15-17-29(22)16-11-21-9-5-4-6-10-21/h4-6,9-10,15,17H,3,7-8,11-14,16,18-20H2,1-2H3,(H2,25,27,28). The molecule has 0 saturated heterocycles. The van der Waals surface area contributed by atoms with E-state index in [1.807, 2.05) is 12.4 Å². The van der Waals surface area contributed by atoms with E-state index in [1.165, 1.54) is 31.2 Å². The SMILES string of the molecule is CCNC(=NCc1nccn1CCc1ccccc1)NCC1(CCOC)CCCC1. The van der Waals surface area contributed by atoms with Crippen molar-refractivity contribution >= 4 is 5.96 Å². The Hall–Kier alpha value is -2.34. The molecule has 164 valence electrons. The second kappa shape index (κ2) is 11.7. The van der Waals surface area contributed by atoms with Crippen LogP contribution in [0.25, 0.3) is 0 Å². The Morgan fingerprint density at radius 1 is 1.20 bits per heavy atom. The summed E-state index contributed by atoms with van der Waals surface area (Å²) >= 11 is 0. The van der Waals surface area contributed by atoms with Crippen LogP contribution in [0.1, 0.15) is 50.4 Å². The molecule has 0 aliphatic heterocycles. The van der Waals surface area contributed by atoms with E-state index in [2.05, 4.69) is 57.4 Å². The van der Waals surface area contributed by atoms with Gasteiger partial charge in [-0.25, -0.2) is 9.98 Å². The van der Waals surface area contributed by atoms with Gasteiger partial charge in [-0.05, 0) is 43.6 Å². The molecule has 1 saturated carbocycles. The Kier molecular flexibility index (Phi) is 8.75. The predicted octanol–water partition coefficient (Wildman–Crippen LogP) is 3.78. The molecule has 6 nitrogen and oxygen atoms in total. The Labute approximate surface area is 181 Å². The summed E-state index contributed by atoms with van der Waals surface area (Å²) in [6.07, 6.45) is 11.2. The average molecular weight is 412 g/mol. The molecule has 1 fully saturated rings. The summed E-state index contributed by atoms with van der Waals surface area (Å²) in [6.45, 7) is 6.22. The minimum absolute atomic E-state index is 0.334. The van der Waals surface area contributed by atoms with Crippen LogP contribution < -0.4 is 10.6 Å². The molecule has 0 unspecified atom stereocenters. The maximum atomic E-state index is 5.36.